The summed E-state index contributed by atoms with van der Waals surface area (Å²) in [6, 6.07) is 70.6. The van der Waals surface area contributed by atoms with Crippen molar-refractivity contribution in [3.8, 4) is 44.5 Å². The first-order valence-corrected chi connectivity index (χ1v) is 23.3. The number of rotatable bonds is 5. The summed E-state index contributed by atoms with van der Waals surface area (Å²) in [6.07, 6.45) is 5.28. The number of hydrogen-bond acceptors (Lipinski definition) is 2. The lowest BCUT2D eigenvalue weighted by Gasteiger charge is -2.37. The zero-order chi connectivity index (χ0) is 42.3. The van der Waals surface area contributed by atoms with Gasteiger partial charge in [0.2, 0.25) is 0 Å². The van der Waals surface area contributed by atoms with Crippen molar-refractivity contribution in [3.63, 3.8) is 0 Å². The van der Waals surface area contributed by atoms with Crippen LogP contribution < -0.4 is 4.90 Å². The Hall–Kier alpha value is -7.16. The summed E-state index contributed by atoms with van der Waals surface area (Å²) in [5.74, 6) is 1.48. The fraction of sp³-hybridized carbons (Fsp3) is 0.161. The van der Waals surface area contributed by atoms with Crippen molar-refractivity contribution >= 4 is 49.8 Å². The molecule has 2 fully saturated rings. The summed E-state index contributed by atoms with van der Waals surface area (Å²) in [5.41, 5.74) is 21.6. The number of hydrogen-bond donors (Lipinski definition) is 0. The molecule has 0 N–H and O–H groups in total. The summed E-state index contributed by atoms with van der Waals surface area (Å²) >= 11 is 0. The molecule has 1 spiro atoms. The third-order valence-corrected chi connectivity index (χ3v) is 16.1. The normalized spacial score (nSPS) is 19.7. The Labute approximate surface area is 374 Å². The second-order valence-electron chi connectivity index (χ2n) is 19.6. The van der Waals surface area contributed by atoms with Gasteiger partial charge < -0.3 is 9.32 Å². The SMILES string of the molecule is CC1(C)c2ccccc2-c2cccc(-c3ccc(N(c4ccc5c(c4)C4(CC6CCC4C6)c4ccccc4-5)c4ccccc4-c4cccc5oc6c7ccccc7ccc6c45)cc3)c21. The molecule has 64 heavy (non-hydrogen) atoms. The van der Waals surface area contributed by atoms with Gasteiger partial charge >= 0.3 is 0 Å². The summed E-state index contributed by atoms with van der Waals surface area (Å²) in [4.78, 5) is 2.54. The number of para-hydroxylation sites is 1. The molecule has 3 atom stereocenters. The molecular weight excluding hydrogens is 775 g/mol. The van der Waals surface area contributed by atoms with Gasteiger partial charge in [0, 0.05) is 43.9 Å². The molecule has 4 aliphatic rings. The first kappa shape index (κ1) is 36.3. The molecule has 0 saturated heterocycles. The van der Waals surface area contributed by atoms with E-state index in [9.17, 15) is 0 Å². The highest BCUT2D eigenvalue weighted by molar-refractivity contribution is 6.19. The summed E-state index contributed by atoms with van der Waals surface area (Å²) in [5, 5.41) is 4.62. The minimum absolute atomic E-state index is 0.0715. The van der Waals surface area contributed by atoms with Crippen LogP contribution in [0.1, 0.15) is 61.8 Å². The topological polar surface area (TPSA) is 16.4 Å². The predicted molar refractivity (Wildman–Crippen MR) is 266 cm³/mol. The van der Waals surface area contributed by atoms with E-state index in [-0.39, 0.29) is 10.8 Å². The van der Waals surface area contributed by atoms with E-state index in [0.717, 1.165) is 44.6 Å². The smallest absolute Gasteiger partial charge is 0.143 e. The van der Waals surface area contributed by atoms with Crippen molar-refractivity contribution in [2.75, 3.05) is 4.90 Å². The Morgan fingerprint density at radius 2 is 1.17 bits per heavy atom. The minimum atomic E-state index is -0.103. The fourth-order valence-electron chi connectivity index (χ4n) is 13.5. The quantitative estimate of drug-likeness (QED) is 0.172. The lowest BCUT2D eigenvalue weighted by molar-refractivity contribution is 0.327. The standard InChI is InChI=1S/C62H47NO/c1-61(2)53-21-8-5-16-47(53)51-20-11-18-44(59(51)61)40-26-30-42(31-27-40)63(43-32-34-48-46-15-6-9-22-54(46)62(55(48)36-43)37-38-25-29-41(62)35-38)56-23-10-7-17-49(56)50-19-12-24-57-58(50)52-33-28-39-13-3-4-14-45(39)60(52)64-57/h3-24,26-28,30-34,36,38,41H,25,29,35,37H2,1-2H3. The second-order valence-corrected chi connectivity index (χ2v) is 19.6. The van der Waals surface area contributed by atoms with Gasteiger partial charge in [0.25, 0.3) is 0 Å². The number of furan rings is 1. The van der Waals surface area contributed by atoms with E-state index in [1.54, 1.807) is 5.56 Å². The van der Waals surface area contributed by atoms with Crippen molar-refractivity contribution in [2.45, 2.75) is 50.4 Å². The van der Waals surface area contributed by atoms with E-state index in [1.165, 1.54) is 98.0 Å². The van der Waals surface area contributed by atoms with Gasteiger partial charge in [-0.15, -0.1) is 0 Å². The van der Waals surface area contributed by atoms with E-state index in [4.69, 9.17) is 4.42 Å². The maximum atomic E-state index is 6.76. The van der Waals surface area contributed by atoms with Gasteiger partial charge in [-0.25, -0.2) is 0 Å². The maximum Gasteiger partial charge on any atom is 0.143 e. The van der Waals surface area contributed by atoms with Crippen LogP contribution in [-0.2, 0) is 10.8 Å². The van der Waals surface area contributed by atoms with Crippen molar-refractivity contribution in [3.05, 3.63) is 210 Å². The molecule has 2 nitrogen and oxygen atoms in total. The van der Waals surface area contributed by atoms with Crippen LogP contribution in [0, 0.1) is 11.8 Å². The molecule has 10 aromatic rings. The molecule has 1 heterocycles. The average molecular weight is 822 g/mol. The fourth-order valence-corrected chi connectivity index (χ4v) is 13.5. The van der Waals surface area contributed by atoms with Gasteiger partial charge in [0.15, 0.2) is 0 Å². The monoisotopic (exact) mass is 821 g/mol. The molecule has 0 aliphatic heterocycles. The maximum absolute atomic E-state index is 6.76. The Kier molecular flexibility index (Phi) is 7.49. The number of anilines is 3. The predicted octanol–water partition coefficient (Wildman–Crippen LogP) is 16.9. The van der Waals surface area contributed by atoms with Crippen LogP contribution in [0.25, 0.3) is 77.2 Å². The number of nitrogens with zero attached hydrogens (tertiary/aromatic N) is 1. The summed E-state index contributed by atoms with van der Waals surface area (Å²) in [7, 11) is 0. The molecule has 2 heteroatoms. The summed E-state index contributed by atoms with van der Waals surface area (Å²) in [6.45, 7) is 4.77. The molecule has 3 unspecified atom stereocenters. The molecule has 14 rings (SSSR count). The lowest BCUT2D eigenvalue weighted by atomic mass is 9.67. The number of fused-ring (bicyclic) bond motifs is 16. The third-order valence-electron chi connectivity index (χ3n) is 16.1. The van der Waals surface area contributed by atoms with E-state index >= 15 is 0 Å². The molecule has 9 aromatic carbocycles. The van der Waals surface area contributed by atoms with Gasteiger partial charge in [-0.2, -0.15) is 0 Å². The zero-order valence-electron chi connectivity index (χ0n) is 36.2. The van der Waals surface area contributed by atoms with Crippen LogP contribution in [0.3, 0.4) is 0 Å². The lowest BCUT2D eigenvalue weighted by Crippen LogP contribution is -2.32. The van der Waals surface area contributed by atoms with Gasteiger partial charge in [-0.1, -0.05) is 166 Å². The second kappa shape index (κ2) is 13.2. The molecule has 1 aromatic heterocycles. The van der Waals surface area contributed by atoms with E-state index in [2.05, 4.69) is 207 Å². The van der Waals surface area contributed by atoms with Crippen molar-refractivity contribution < 1.29 is 4.42 Å². The first-order valence-electron chi connectivity index (χ1n) is 23.3. The van der Waals surface area contributed by atoms with Crippen molar-refractivity contribution in [2.24, 2.45) is 11.8 Å². The van der Waals surface area contributed by atoms with E-state index in [1.807, 2.05) is 0 Å². The van der Waals surface area contributed by atoms with Crippen LogP contribution in [0.15, 0.2) is 192 Å². The zero-order valence-corrected chi connectivity index (χ0v) is 36.2. The first-order chi connectivity index (χ1) is 31.5. The average Bonchev–Trinajstić information content (AvgIpc) is 4.16. The van der Waals surface area contributed by atoms with Crippen LogP contribution in [0.2, 0.25) is 0 Å². The largest absolute Gasteiger partial charge is 0.455 e. The molecule has 0 radical (unpaired) electrons. The minimum Gasteiger partial charge on any atom is -0.455 e. The van der Waals surface area contributed by atoms with E-state index < -0.39 is 0 Å². The van der Waals surface area contributed by atoms with Crippen LogP contribution >= 0.6 is 0 Å². The van der Waals surface area contributed by atoms with Gasteiger partial charge in [0.1, 0.15) is 11.2 Å². The Morgan fingerprint density at radius 1 is 0.500 bits per heavy atom. The van der Waals surface area contributed by atoms with Crippen LogP contribution in [-0.4, -0.2) is 0 Å². The van der Waals surface area contributed by atoms with Crippen molar-refractivity contribution in [1.82, 2.24) is 0 Å². The molecule has 2 saturated carbocycles. The molecule has 0 amide bonds. The Morgan fingerprint density at radius 3 is 2.00 bits per heavy atom. The summed E-state index contributed by atoms with van der Waals surface area (Å²) < 4.78 is 6.76. The molecule has 306 valence electrons. The third kappa shape index (κ3) is 4.86. The number of benzene rings is 9. The molecular formula is C62H47NO. The highest BCUT2D eigenvalue weighted by atomic mass is 16.3. The highest BCUT2D eigenvalue weighted by Gasteiger charge is 2.56. The Bertz CT molecular complexity index is 3570. The molecule has 4 aliphatic carbocycles. The van der Waals surface area contributed by atoms with Gasteiger partial charge in [-0.3, -0.25) is 0 Å². The Balaban J connectivity index is 0.976. The molecule has 2 bridgehead atoms. The van der Waals surface area contributed by atoms with Gasteiger partial charge in [0.05, 0.1) is 5.69 Å². The van der Waals surface area contributed by atoms with Crippen molar-refractivity contribution in [1.29, 1.82) is 0 Å². The van der Waals surface area contributed by atoms with Crippen LogP contribution in [0.5, 0.6) is 0 Å². The van der Waals surface area contributed by atoms with Gasteiger partial charge in [-0.05, 0) is 140 Å². The highest BCUT2D eigenvalue weighted by Crippen LogP contribution is 2.66. The van der Waals surface area contributed by atoms with E-state index in [0.29, 0.717) is 5.92 Å². The van der Waals surface area contributed by atoms with Crippen LogP contribution in [0.4, 0.5) is 17.1 Å².